The first-order valence-electron chi connectivity index (χ1n) is 8.57. The molecular formula is C18H23F3N2. The average molecular weight is 324 g/mol. The van der Waals surface area contributed by atoms with Gasteiger partial charge in [-0.05, 0) is 74.0 Å². The van der Waals surface area contributed by atoms with Crippen molar-refractivity contribution in [1.82, 2.24) is 5.43 Å². The Labute approximate surface area is 135 Å². The minimum absolute atomic E-state index is 0.419. The number of hydrazine groups is 1. The number of halogens is 3. The van der Waals surface area contributed by atoms with Gasteiger partial charge in [-0.1, -0.05) is 6.07 Å². The highest BCUT2D eigenvalue weighted by Crippen LogP contribution is 2.53. The molecule has 0 amide bonds. The lowest BCUT2D eigenvalue weighted by molar-refractivity contribution is -0.137. The van der Waals surface area contributed by atoms with Gasteiger partial charge < -0.3 is 5.01 Å². The van der Waals surface area contributed by atoms with Crippen LogP contribution in [0.5, 0.6) is 0 Å². The summed E-state index contributed by atoms with van der Waals surface area (Å²) in [6.07, 6.45) is 2.28. The van der Waals surface area contributed by atoms with E-state index in [2.05, 4.69) is 5.43 Å². The predicted octanol–water partition coefficient (Wildman–Crippen LogP) is 4.47. The normalized spacial score (nSPS) is 35.6. The molecule has 4 bridgehead atoms. The number of hydrogen-bond acceptors (Lipinski definition) is 2. The highest BCUT2D eigenvalue weighted by molar-refractivity contribution is 5.47. The zero-order valence-electron chi connectivity index (χ0n) is 13.3. The van der Waals surface area contributed by atoms with Gasteiger partial charge in [0.15, 0.2) is 0 Å². The SMILES string of the molecule is CN(NC1C2CC3CC(C2)CC1C3)c1cccc(C(F)(F)F)c1. The van der Waals surface area contributed by atoms with E-state index in [-0.39, 0.29) is 0 Å². The number of hydrogen-bond donors (Lipinski definition) is 1. The third-order valence-corrected chi connectivity index (χ3v) is 6.13. The van der Waals surface area contributed by atoms with Crippen molar-refractivity contribution in [3.05, 3.63) is 29.8 Å². The fourth-order valence-electron chi connectivity index (χ4n) is 5.32. The Bertz CT molecular complexity index is 556. The van der Waals surface area contributed by atoms with Gasteiger partial charge in [0, 0.05) is 13.1 Å². The Kier molecular flexibility index (Phi) is 3.59. The molecule has 1 aromatic rings. The van der Waals surface area contributed by atoms with E-state index in [0.717, 1.165) is 17.9 Å². The van der Waals surface area contributed by atoms with E-state index in [4.69, 9.17) is 0 Å². The van der Waals surface area contributed by atoms with E-state index >= 15 is 0 Å². The number of benzene rings is 1. The van der Waals surface area contributed by atoms with Gasteiger partial charge in [-0.15, -0.1) is 0 Å². The maximum Gasteiger partial charge on any atom is 0.416 e. The van der Waals surface area contributed by atoms with Crippen LogP contribution >= 0.6 is 0 Å². The molecule has 5 rings (SSSR count). The Morgan fingerprint density at radius 1 is 1.00 bits per heavy atom. The van der Waals surface area contributed by atoms with E-state index in [1.165, 1.54) is 44.2 Å². The Balaban J connectivity index is 1.49. The van der Waals surface area contributed by atoms with Crippen molar-refractivity contribution in [3.63, 3.8) is 0 Å². The van der Waals surface area contributed by atoms with Crippen molar-refractivity contribution < 1.29 is 13.2 Å². The molecule has 0 spiro atoms. The van der Waals surface area contributed by atoms with Crippen LogP contribution < -0.4 is 10.4 Å². The highest BCUT2D eigenvalue weighted by Gasteiger charge is 2.48. The van der Waals surface area contributed by atoms with Crippen LogP contribution in [0.2, 0.25) is 0 Å². The first-order chi connectivity index (χ1) is 10.9. The molecular weight excluding hydrogens is 301 g/mol. The minimum Gasteiger partial charge on any atom is -0.311 e. The number of alkyl halides is 3. The van der Waals surface area contributed by atoms with Crippen LogP contribution in [0.4, 0.5) is 18.9 Å². The summed E-state index contributed by atoms with van der Waals surface area (Å²) < 4.78 is 38.7. The molecule has 1 N–H and O–H groups in total. The third kappa shape index (κ3) is 2.84. The molecule has 0 heterocycles. The fraction of sp³-hybridized carbons (Fsp3) is 0.667. The lowest BCUT2D eigenvalue weighted by atomic mass is 9.54. The first-order valence-corrected chi connectivity index (χ1v) is 8.57. The smallest absolute Gasteiger partial charge is 0.311 e. The van der Waals surface area contributed by atoms with Gasteiger partial charge in [-0.2, -0.15) is 13.2 Å². The summed E-state index contributed by atoms with van der Waals surface area (Å²) in [5, 5.41) is 1.79. The summed E-state index contributed by atoms with van der Waals surface area (Å²) in [5.41, 5.74) is 3.51. The van der Waals surface area contributed by atoms with Gasteiger partial charge in [0.05, 0.1) is 11.3 Å². The second-order valence-electron chi connectivity index (χ2n) is 7.69. The van der Waals surface area contributed by atoms with E-state index in [1.54, 1.807) is 11.1 Å². The van der Waals surface area contributed by atoms with Crippen molar-refractivity contribution in [2.24, 2.45) is 23.7 Å². The molecule has 0 aromatic heterocycles. The van der Waals surface area contributed by atoms with Crippen molar-refractivity contribution >= 4 is 5.69 Å². The van der Waals surface area contributed by atoms with Crippen molar-refractivity contribution in [3.8, 4) is 0 Å². The van der Waals surface area contributed by atoms with Crippen LogP contribution in [0.3, 0.4) is 0 Å². The quantitative estimate of drug-likeness (QED) is 0.825. The van der Waals surface area contributed by atoms with E-state index in [1.807, 2.05) is 7.05 Å². The van der Waals surface area contributed by atoms with E-state index < -0.39 is 11.7 Å². The van der Waals surface area contributed by atoms with Crippen LogP contribution in [0.1, 0.15) is 37.7 Å². The topological polar surface area (TPSA) is 15.3 Å². The van der Waals surface area contributed by atoms with Crippen molar-refractivity contribution in [1.29, 1.82) is 0 Å². The highest BCUT2D eigenvalue weighted by atomic mass is 19.4. The summed E-state index contributed by atoms with van der Waals surface area (Å²) in [5.74, 6) is 3.18. The molecule has 4 aliphatic rings. The van der Waals surface area contributed by atoms with Gasteiger partial charge in [0.25, 0.3) is 0 Å². The van der Waals surface area contributed by atoms with Gasteiger partial charge in [0.2, 0.25) is 0 Å². The van der Waals surface area contributed by atoms with Crippen molar-refractivity contribution in [2.45, 2.75) is 44.3 Å². The molecule has 0 atom stereocenters. The summed E-state index contributed by atoms with van der Waals surface area (Å²) in [6.45, 7) is 0. The molecule has 4 aliphatic carbocycles. The summed E-state index contributed by atoms with van der Waals surface area (Å²) in [6, 6.07) is 5.98. The van der Waals surface area contributed by atoms with E-state index in [0.29, 0.717) is 23.6 Å². The molecule has 0 radical (unpaired) electrons. The van der Waals surface area contributed by atoms with Gasteiger partial charge in [-0.3, -0.25) is 0 Å². The van der Waals surface area contributed by atoms with Crippen LogP contribution in [0, 0.1) is 23.7 Å². The molecule has 4 saturated carbocycles. The maximum absolute atomic E-state index is 12.9. The van der Waals surface area contributed by atoms with Crippen molar-refractivity contribution in [2.75, 3.05) is 12.1 Å². The van der Waals surface area contributed by atoms with E-state index in [9.17, 15) is 13.2 Å². The van der Waals surface area contributed by atoms with Crippen LogP contribution in [0.25, 0.3) is 0 Å². The van der Waals surface area contributed by atoms with Crippen LogP contribution in [0.15, 0.2) is 24.3 Å². The Hall–Kier alpha value is -1.23. The largest absolute Gasteiger partial charge is 0.416 e. The molecule has 0 aliphatic heterocycles. The third-order valence-electron chi connectivity index (χ3n) is 6.13. The second-order valence-corrected chi connectivity index (χ2v) is 7.69. The number of rotatable bonds is 3. The minimum atomic E-state index is -4.29. The summed E-state index contributed by atoms with van der Waals surface area (Å²) in [7, 11) is 1.83. The predicted molar refractivity (Wildman–Crippen MR) is 83.8 cm³/mol. The van der Waals surface area contributed by atoms with Gasteiger partial charge in [-0.25, -0.2) is 5.43 Å². The molecule has 0 saturated heterocycles. The molecule has 1 aromatic carbocycles. The standard InChI is InChI=1S/C18H23F3N2/c1-23(16-4-2-3-15(10-16)18(19,20)21)22-17-13-6-11-5-12(8-13)9-14(17)7-11/h2-4,10-14,17,22H,5-9H2,1H3. The molecule has 5 heteroatoms. The molecule has 126 valence electrons. The molecule has 23 heavy (non-hydrogen) atoms. The molecule has 0 unspecified atom stereocenters. The number of anilines is 1. The number of nitrogens with one attached hydrogen (secondary N) is 1. The van der Waals surface area contributed by atoms with Crippen LogP contribution in [-0.2, 0) is 6.18 Å². The molecule has 4 fully saturated rings. The zero-order chi connectivity index (χ0) is 16.2. The second kappa shape index (κ2) is 5.40. The Morgan fingerprint density at radius 2 is 1.61 bits per heavy atom. The lowest BCUT2D eigenvalue weighted by Gasteiger charge is -2.55. The summed E-state index contributed by atoms with van der Waals surface area (Å²) in [4.78, 5) is 0. The lowest BCUT2D eigenvalue weighted by Crippen LogP contribution is -2.58. The average Bonchev–Trinajstić information content (AvgIpc) is 2.49. The number of nitrogens with zero attached hydrogens (tertiary/aromatic N) is 1. The fourth-order valence-corrected chi connectivity index (χ4v) is 5.32. The van der Waals surface area contributed by atoms with Gasteiger partial charge in [0.1, 0.15) is 0 Å². The monoisotopic (exact) mass is 324 g/mol. The Morgan fingerprint density at radius 3 is 2.17 bits per heavy atom. The molecule has 2 nitrogen and oxygen atoms in total. The van der Waals surface area contributed by atoms with Gasteiger partial charge >= 0.3 is 6.18 Å². The zero-order valence-corrected chi connectivity index (χ0v) is 13.3. The summed E-state index contributed by atoms with van der Waals surface area (Å²) >= 11 is 0. The van der Waals surface area contributed by atoms with Crippen LogP contribution in [-0.4, -0.2) is 13.1 Å². The maximum atomic E-state index is 12.9. The first kappa shape index (κ1) is 15.3.